The Labute approximate surface area is 190 Å². The summed E-state index contributed by atoms with van der Waals surface area (Å²) in [6, 6.07) is 20.8. The van der Waals surface area contributed by atoms with E-state index in [2.05, 4.69) is 65.5 Å². The SMILES string of the molecule is Cc1ccc([C@H]2CC(c3cccs3)=NN2C(=O)CSc2cn(C)c3ccccc23)cc1. The maximum Gasteiger partial charge on any atom is 0.253 e. The summed E-state index contributed by atoms with van der Waals surface area (Å²) < 4.78 is 2.11. The number of rotatable bonds is 5. The van der Waals surface area contributed by atoms with E-state index in [1.807, 2.05) is 25.2 Å². The fourth-order valence-electron chi connectivity index (χ4n) is 4.01. The molecule has 0 N–H and O–H groups in total. The average Bonchev–Trinajstić information content (AvgIpc) is 3.52. The molecule has 1 aliphatic rings. The monoisotopic (exact) mass is 445 g/mol. The standard InChI is InChI=1S/C25H23N3OS2/c1-17-9-11-18(12-10-17)22-14-20(23-8-5-13-30-23)26-28(22)25(29)16-31-24-15-27(2)21-7-4-3-6-19(21)24/h3-13,15,22H,14,16H2,1-2H3/t22-/m1/s1. The quantitative estimate of drug-likeness (QED) is 0.352. The summed E-state index contributed by atoms with van der Waals surface area (Å²) in [6.07, 6.45) is 2.85. The lowest BCUT2D eigenvalue weighted by Gasteiger charge is -2.22. The molecule has 4 aromatic rings. The van der Waals surface area contributed by atoms with Crippen LogP contribution in [-0.4, -0.2) is 26.9 Å². The van der Waals surface area contributed by atoms with E-state index in [-0.39, 0.29) is 11.9 Å². The first-order valence-corrected chi connectivity index (χ1v) is 12.1. The summed E-state index contributed by atoms with van der Waals surface area (Å²) in [6.45, 7) is 2.08. The Morgan fingerprint density at radius 1 is 1.13 bits per heavy atom. The van der Waals surface area contributed by atoms with Gasteiger partial charge in [0.15, 0.2) is 0 Å². The fraction of sp³-hybridized carbons (Fsp3) is 0.200. The van der Waals surface area contributed by atoms with Crippen LogP contribution in [0.25, 0.3) is 10.9 Å². The topological polar surface area (TPSA) is 37.6 Å². The van der Waals surface area contributed by atoms with Crippen molar-refractivity contribution in [3.63, 3.8) is 0 Å². The number of hydrogen-bond acceptors (Lipinski definition) is 4. The number of fused-ring (bicyclic) bond motifs is 1. The van der Waals surface area contributed by atoms with Crippen molar-refractivity contribution in [1.82, 2.24) is 9.58 Å². The molecule has 2 aromatic heterocycles. The highest BCUT2D eigenvalue weighted by Gasteiger charge is 2.33. The molecule has 0 spiro atoms. The van der Waals surface area contributed by atoms with Gasteiger partial charge < -0.3 is 4.57 Å². The molecule has 4 nitrogen and oxygen atoms in total. The zero-order valence-corrected chi connectivity index (χ0v) is 19.1. The average molecular weight is 446 g/mol. The predicted molar refractivity (Wildman–Crippen MR) is 130 cm³/mol. The third-order valence-corrected chi connectivity index (χ3v) is 7.59. The van der Waals surface area contributed by atoms with Crippen molar-refractivity contribution in [3.05, 3.63) is 88.2 Å². The number of hydrazone groups is 1. The summed E-state index contributed by atoms with van der Waals surface area (Å²) in [5.74, 6) is 0.396. The van der Waals surface area contributed by atoms with Crippen LogP contribution in [0.1, 0.15) is 28.5 Å². The van der Waals surface area contributed by atoms with Crippen molar-refractivity contribution in [2.24, 2.45) is 12.1 Å². The van der Waals surface area contributed by atoms with Gasteiger partial charge in [-0.05, 0) is 30.0 Å². The Morgan fingerprint density at radius 2 is 1.94 bits per heavy atom. The molecule has 5 rings (SSSR count). The van der Waals surface area contributed by atoms with Gasteiger partial charge in [0.05, 0.1) is 22.4 Å². The minimum atomic E-state index is -0.0571. The number of aromatic nitrogens is 1. The zero-order chi connectivity index (χ0) is 21.4. The number of para-hydroxylation sites is 1. The van der Waals surface area contributed by atoms with Gasteiger partial charge in [-0.1, -0.05) is 54.1 Å². The third-order valence-electron chi connectivity index (χ3n) is 5.65. The Hall–Kier alpha value is -2.83. The first-order valence-electron chi connectivity index (χ1n) is 10.3. The fourth-order valence-corrected chi connectivity index (χ4v) is 5.70. The molecule has 0 radical (unpaired) electrons. The highest BCUT2D eigenvalue weighted by Crippen LogP contribution is 2.36. The van der Waals surface area contributed by atoms with E-state index in [0.717, 1.165) is 27.5 Å². The molecule has 0 aliphatic carbocycles. The Morgan fingerprint density at radius 3 is 2.71 bits per heavy atom. The molecule has 0 unspecified atom stereocenters. The number of hydrogen-bond donors (Lipinski definition) is 0. The van der Waals surface area contributed by atoms with Crippen molar-refractivity contribution >= 4 is 45.6 Å². The first kappa shape index (κ1) is 20.1. The van der Waals surface area contributed by atoms with Gasteiger partial charge in [0.25, 0.3) is 5.91 Å². The largest absolute Gasteiger partial charge is 0.349 e. The van der Waals surface area contributed by atoms with E-state index in [1.54, 1.807) is 28.1 Å². The number of thiophene rings is 1. The lowest BCUT2D eigenvalue weighted by molar-refractivity contribution is -0.130. The molecule has 3 heterocycles. The predicted octanol–water partition coefficient (Wildman–Crippen LogP) is 6.02. The number of benzene rings is 2. The van der Waals surface area contributed by atoms with Gasteiger partial charge in [-0.25, -0.2) is 5.01 Å². The van der Waals surface area contributed by atoms with E-state index < -0.39 is 0 Å². The van der Waals surface area contributed by atoms with Crippen LogP contribution in [0.3, 0.4) is 0 Å². The van der Waals surface area contributed by atoms with Crippen LogP contribution in [0.5, 0.6) is 0 Å². The van der Waals surface area contributed by atoms with E-state index in [9.17, 15) is 4.79 Å². The van der Waals surface area contributed by atoms with Gasteiger partial charge in [-0.15, -0.1) is 23.1 Å². The Kier molecular flexibility index (Phi) is 5.42. The third kappa shape index (κ3) is 3.93. The van der Waals surface area contributed by atoms with E-state index >= 15 is 0 Å². The Balaban J connectivity index is 1.40. The smallest absolute Gasteiger partial charge is 0.253 e. The van der Waals surface area contributed by atoms with Crippen molar-refractivity contribution < 1.29 is 4.79 Å². The maximum absolute atomic E-state index is 13.3. The second kappa shape index (κ2) is 8.36. The number of thioether (sulfide) groups is 1. The summed E-state index contributed by atoms with van der Waals surface area (Å²) in [5.41, 5.74) is 4.51. The van der Waals surface area contributed by atoms with E-state index in [1.165, 1.54) is 16.5 Å². The molecule has 2 aromatic carbocycles. The lowest BCUT2D eigenvalue weighted by atomic mass is 10.00. The first-order chi connectivity index (χ1) is 15.1. The number of carbonyl (C=O) groups is 1. The van der Waals surface area contributed by atoms with Gasteiger partial charge in [0, 0.05) is 35.5 Å². The highest BCUT2D eigenvalue weighted by molar-refractivity contribution is 8.00. The van der Waals surface area contributed by atoms with Gasteiger partial charge in [-0.2, -0.15) is 5.10 Å². The molecule has 0 saturated heterocycles. The van der Waals surface area contributed by atoms with Crippen LogP contribution in [0.2, 0.25) is 0 Å². The molecular weight excluding hydrogens is 422 g/mol. The van der Waals surface area contributed by atoms with Crippen molar-refractivity contribution in [2.75, 3.05) is 5.75 Å². The van der Waals surface area contributed by atoms with E-state index in [0.29, 0.717) is 5.75 Å². The molecule has 0 saturated carbocycles. The Bertz CT molecular complexity index is 1260. The molecule has 0 fully saturated rings. The minimum absolute atomic E-state index is 0.0371. The normalized spacial score (nSPS) is 16.1. The summed E-state index contributed by atoms with van der Waals surface area (Å²) in [4.78, 5) is 15.6. The second-order valence-corrected chi connectivity index (χ2v) is 9.77. The molecule has 31 heavy (non-hydrogen) atoms. The number of nitrogens with zero attached hydrogens (tertiary/aromatic N) is 3. The lowest BCUT2D eigenvalue weighted by Crippen LogP contribution is -2.28. The van der Waals surface area contributed by atoms with Crippen LogP contribution in [0, 0.1) is 6.92 Å². The van der Waals surface area contributed by atoms with Crippen molar-refractivity contribution in [3.8, 4) is 0 Å². The maximum atomic E-state index is 13.3. The summed E-state index contributed by atoms with van der Waals surface area (Å²) in [7, 11) is 2.04. The zero-order valence-electron chi connectivity index (χ0n) is 17.5. The molecule has 1 amide bonds. The van der Waals surface area contributed by atoms with Crippen LogP contribution in [0.15, 0.2) is 82.2 Å². The van der Waals surface area contributed by atoms with Gasteiger partial charge in [0.2, 0.25) is 0 Å². The van der Waals surface area contributed by atoms with Gasteiger partial charge in [-0.3, -0.25) is 4.79 Å². The minimum Gasteiger partial charge on any atom is -0.349 e. The number of amides is 1. The van der Waals surface area contributed by atoms with Crippen LogP contribution in [-0.2, 0) is 11.8 Å². The molecule has 0 bridgehead atoms. The molecule has 1 aliphatic heterocycles. The van der Waals surface area contributed by atoms with Gasteiger partial charge in [0.1, 0.15) is 0 Å². The van der Waals surface area contributed by atoms with Crippen LogP contribution < -0.4 is 0 Å². The second-order valence-electron chi connectivity index (χ2n) is 7.80. The van der Waals surface area contributed by atoms with Crippen LogP contribution >= 0.6 is 23.1 Å². The number of aryl methyl sites for hydroxylation is 2. The summed E-state index contributed by atoms with van der Waals surface area (Å²) >= 11 is 3.26. The molecular formula is C25H23N3OS2. The van der Waals surface area contributed by atoms with E-state index in [4.69, 9.17) is 5.10 Å². The molecule has 1 atom stereocenters. The highest BCUT2D eigenvalue weighted by atomic mass is 32.2. The summed E-state index contributed by atoms with van der Waals surface area (Å²) in [5, 5.41) is 9.73. The van der Waals surface area contributed by atoms with Crippen molar-refractivity contribution in [1.29, 1.82) is 0 Å². The van der Waals surface area contributed by atoms with Crippen molar-refractivity contribution in [2.45, 2.75) is 24.3 Å². The van der Waals surface area contributed by atoms with Gasteiger partial charge >= 0.3 is 0 Å². The molecule has 6 heteroatoms. The van der Waals surface area contributed by atoms with Crippen LogP contribution in [0.4, 0.5) is 0 Å². The molecule has 156 valence electrons. The number of carbonyl (C=O) groups excluding carboxylic acids is 1.